The first-order chi connectivity index (χ1) is 5.65. The normalized spacial score (nSPS) is 39.5. The van der Waals surface area contributed by atoms with Crippen LogP contribution in [0.1, 0.15) is 27.2 Å². The summed E-state index contributed by atoms with van der Waals surface area (Å²) in [5.41, 5.74) is 6.02. The highest BCUT2D eigenvalue weighted by Gasteiger charge is 2.28. The van der Waals surface area contributed by atoms with E-state index in [0.29, 0.717) is 11.3 Å². The SMILES string of the molecule is CCC(N)C1CSC(C)C(C)S1. The highest BCUT2D eigenvalue weighted by molar-refractivity contribution is 8.07. The van der Waals surface area contributed by atoms with Crippen molar-refractivity contribution in [3.05, 3.63) is 0 Å². The first kappa shape index (κ1) is 10.7. The number of thioether (sulfide) groups is 2. The molecule has 0 saturated carbocycles. The van der Waals surface area contributed by atoms with Crippen molar-refractivity contribution in [1.29, 1.82) is 0 Å². The van der Waals surface area contributed by atoms with Crippen molar-refractivity contribution in [1.82, 2.24) is 0 Å². The van der Waals surface area contributed by atoms with Crippen molar-refractivity contribution >= 4 is 23.5 Å². The van der Waals surface area contributed by atoms with Gasteiger partial charge in [0.05, 0.1) is 0 Å². The molecule has 0 bridgehead atoms. The van der Waals surface area contributed by atoms with Crippen molar-refractivity contribution < 1.29 is 0 Å². The lowest BCUT2D eigenvalue weighted by Crippen LogP contribution is -2.39. The molecule has 12 heavy (non-hydrogen) atoms. The quantitative estimate of drug-likeness (QED) is 0.749. The number of hydrogen-bond donors (Lipinski definition) is 1. The van der Waals surface area contributed by atoms with Crippen molar-refractivity contribution in [2.75, 3.05) is 5.75 Å². The summed E-state index contributed by atoms with van der Waals surface area (Å²) in [6.45, 7) is 6.81. The Labute approximate surface area is 84.2 Å². The predicted molar refractivity (Wildman–Crippen MR) is 61.0 cm³/mol. The van der Waals surface area contributed by atoms with Gasteiger partial charge in [-0.25, -0.2) is 0 Å². The lowest BCUT2D eigenvalue weighted by molar-refractivity contribution is 0.640. The van der Waals surface area contributed by atoms with Crippen LogP contribution in [0.3, 0.4) is 0 Å². The van der Waals surface area contributed by atoms with Crippen LogP contribution in [-0.2, 0) is 0 Å². The van der Waals surface area contributed by atoms with Gasteiger partial charge in [0.2, 0.25) is 0 Å². The fraction of sp³-hybridized carbons (Fsp3) is 1.00. The van der Waals surface area contributed by atoms with Gasteiger partial charge in [-0.05, 0) is 6.42 Å². The van der Waals surface area contributed by atoms with Crippen LogP contribution >= 0.6 is 23.5 Å². The molecule has 1 fully saturated rings. The van der Waals surface area contributed by atoms with E-state index in [-0.39, 0.29) is 0 Å². The van der Waals surface area contributed by atoms with Crippen molar-refractivity contribution in [2.45, 2.75) is 49.0 Å². The van der Waals surface area contributed by atoms with E-state index in [1.807, 2.05) is 0 Å². The molecule has 0 aliphatic carbocycles. The molecule has 2 N–H and O–H groups in total. The average molecular weight is 205 g/mol. The van der Waals surface area contributed by atoms with Crippen LogP contribution in [0.2, 0.25) is 0 Å². The van der Waals surface area contributed by atoms with Crippen molar-refractivity contribution in [3.8, 4) is 0 Å². The van der Waals surface area contributed by atoms with Crippen LogP contribution < -0.4 is 5.73 Å². The molecule has 0 aromatic rings. The standard InChI is InChI=1S/C9H19NS2/c1-4-8(10)9-5-11-6(2)7(3)12-9/h6-9H,4-5,10H2,1-3H3. The van der Waals surface area contributed by atoms with E-state index in [4.69, 9.17) is 5.73 Å². The minimum absolute atomic E-state index is 0.400. The van der Waals surface area contributed by atoms with Gasteiger partial charge in [-0.3, -0.25) is 0 Å². The van der Waals surface area contributed by atoms with Gasteiger partial charge in [-0.2, -0.15) is 23.5 Å². The Bertz CT molecular complexity index is 140. The molecule has 72 valence electrons. The molecule has 0 amide bonds. The van der Waals surface area contributed by atoms with Gasteiger partial charge in [0.25, 0.3) is 0 Å². The first-order valence-corrected chi connectivity index (χ1v) is 6.67. The summed E-state index contributed by atoms with van der Waals surface area (Å²) in [5.74, 6) is 1.24. The zero-order valence-corrected chi connectivity index (χ0v) is 9.75. The van der Waals surface area contributed by atoms with Crippen LogP contribution in [0.25, 0.3) is 0 Å². The minimum atomic E-state index is 0.400. The predicted octanol–water partition coefficient (Wildman–Crippen LogP) is 2.35. The Morgan fingerprint density at radius 1 is 1.42 bits per heavy atom. The molecule has 4 atom stereocenters. The van der Waals surface area contributed by atoms with Crippen LogP contribution in [0.5, 0.6) is 0 Å². The van der Waals surface area contributed by atoms with E-state index in [2.05, 4.69) is 44.3 Å². The second kappa shape index (κ2) is 4.77. The molecular weight excluding hydrogens is 186 g/mol. The summed E-state index contributed by atoms with van der Waals surface area (Å²) in [6, 6.07) is 0.400. The van der Waals surface area contributed by atoms with Crippen molar-refractivity contribution in [2.24, 2.45) is 5.73 Å². The largest absolute Gasteiger partial charge is 0.327 e. The second-order valence-electron chi connectivity index (χ2n) is 3.49. The summed E-state index contributed by atoms with van der Waals surface area (Å²) in [5, 5.41) is 2.26. The number of hydrogen-bond acceptors (Lipinski definition) is 3. The van der Waals surface area contributed by atoms with Crippen LogP contribution in [0, 0.1) is 0 Å². The molecule has 1 saturated heterocycles. The Kier molecular flexibility index (Phi) is 4.27. The second-order valence-corrected chi connectivity index (χ2v) is 6.52. The highest BCUT2D eigenvalue weighted by Crippen LogP contribution is 2.36. The van der Waals surface area contributed by atoms with E-state index in [0.717, 1.165) is 16.9 Å². The molecule has 1 nitrogen and oxygen atoms in total. The molecule has 0 spiro atoms. The lowest BCUT2D eigenvalue weighted by atomic mass is 10.2. The summed E-state index contributed by atoms with van der Waals surface area (Å²) >= 11 is 4.16. The fourth-order valence-corrected chi connectivity index (χ4v) is 4.45. The average Bonchev–Trinajstić information content (AvgIpc) is 2.08. The van der Waals surface area contributed by atoms with Gasteiger partial charge in [-0.1, -0.05) is 20.8 Å². The third-order valence-corrected chi connectivity index (χ3v) is 6.10. The van der Waals surface area contributed by atoms with E-state index in [9.17, 15) is 0 Å². The zero-order valence-electron chi connectivity index (χ0n) is 8.12. The lowest BCUT2D eigenvalue weighted by Gasteiger charge is -2.34. The highest BCUT2D eigenvalue weighted by atomic mass is 32.2. The summed E-state index contributed by atoms with van der Waals surface area (Å²) in [6.07, 6.45) is 1.11. The molecule has 1 rings (SSSR count). The molecule has 1 aliphatic heterocycles. The monoisotopic (exact) mass is 205 g/mol. The molecule has 1 heterocycles. The van der Waals surface area contributed by atoms with Gasteiger partial charge in [-0.15, -0.1) is 0 Å². The van der Waals surface area contributed by atoms with Crippen LogP contribution in [0.4, 0.5) is 0 Å². The van der Waals surface area contributed by atoms with Crippen LogP contribution in [0.15, 0.2) is 0 Å². The third-order valence-electron chi connectivity index (χ3n) is 2.52. The molecule has 3 heteroatoms. The summed E-state index contributed by atoms with van der Waals surface area (Å²) in [7, 11) is 0. The Balaban J connectivity index is 2.39. The zero-order chi connectivity index (χ0) is 9.14. The van der Waals surface area contributed by atoms with Crippen LogP contribution in [-0.4, -0.2) is 27.5 Å². The van der Waals surface area contributed by atoms with Gasteiger partial charge < -0.3 is 5.73 Å². The topological polar surface area (TPSA) is 26.0 Å². The number of nitrogens with two attached hydrogens (primary N) is 1. The Morgan fingerprint density at radius 3 is 2.58 bits per heavy atom. The first-order valence-electron chi connectivity index (χ1n) is 4.67. The van der Waals surface area contributed by atoms with Gasteiger partial charge in [0.1, 0.15) is 0 Å². The van der Waals surface area contributed by atoms with E-state index >= 15 is 0 Å². The van der Waals surface area contributed by atoms with Crippen molar-refractivity contribution in [3.63, 3.8) is 0 Å². The molecule has 0 radical (unpaired) electrons. The van der Waals surface area contributed by atoms with Gasteiger partial charge in [0.15, 0.2) is 0 Å². The summed E-state index contributed by atoms with van der Waals surface area (Å²) in [4.78, 5) is 0. The van der Waals surface area contributed by atoms with E-state index in [1.54, 1.807) is 0 Å². The molecule has 1 aliphatic rings. The maximum atomic E-state index is 6.02. The number of rotatable bonds is 2. The Hall–Kier alpha value is 0.660. The van der Waals surface area contributed by atoms with E-state index in [1.165, 1.54) is 5.75 Å². The molecule has 4 unspecified atom stereocenters. The third kappa shape index (κ3) is 2.57. The van der Waals surface area contributed by atoms with Gasteiger partial charge in [0, 0.05) is 27.5 Å². The smallest absolute Gasteiger partial charge is 0.0292 e. The maximum Gasteiger partial charge on any atom is 0.0292 e. The molecule has 0 aromatic heterocycles. The Morgan fingerprint density at radius 2 is 2.08 bits per heavy atom. The maximum absolute atomic E-state index is 6.02. The van der Waals surface area contributed by atoms with E-state index < -0.39 is 0 Å². The fourth-order valence-electron chi connectivity index (χ4n) is 1.30. The van der Waals surface area contributed by atoms with Gasteiger partial charge >= 0.3 is 0 Å². The molecular formula is C9H19NS2. The summed E-state index contributed by atoms with van der Waals surface area (Å²) < 4.78 is 0. The molecule has 0 aromatic carbocycles. The minimum Gasteiger partial charge on any atom is -0.327 e.